The fraction of sp³-hybridized carbons (Fsp3) is 0.452. The first kappa shape index (κ1) is 29.7. The molecule has 4 heterocycles. The number of alkyl carbamates (subject to hydrolysis) is 1. The summed E-state index contributed by atoms with van der Waals surface area (Å²) in [5, 5.41) is 3.79. The van der Waals surface area contributed by atoms with Gasteiger partial charge in [-0.1, -0.05) is 18.1 Å². The average Bonchev–Trinajstić information content (AvgIpc) is 3.35. The van der Waals surface area contributed by atoms with Crippen LogP contribution in [0.4, 0.5) is 10.7 Å². The van der Waals surface area contributed by atoms with Crippen LogP contribution in [0, 0.1) is 11.8 Å². The second kappa shape index (κ2) is 11.8. The lowest BCUT2D eigenvalue weighted by atomic mass is 10.1. The molecule has 43 heavy (non-hydrogen) atoms. The van der Waals surface area contributed by atoms with E-state index in [1.54, 1.807) is 31.7 Å². The van der Waals surface area contributed by atoms with Gasteiger partial charge in [0.1, 0.15) is 11.4 Å². The second-order valence-corrected chi connectivity index (χ2v) is 11.6. The van der Waals surface area contributed by atoms with Crippen molar-refractivity contribution in [1.29, 1.82) is 0 Å². The number of ether oxygens (including phenoxy) is 2. The Morgan fingerprint density at radius 1 is 1.16 bits per heavy atom. The number of aromatic nitrogens is 5. The predicted octanol–water partition coefficient (Wildman–Crippen LogP) is 3.02. The lowest BCUT2D eigenvalue weighted by Crippen LogP contribution is -2.49. The number of aryl methyl sites for hydroxylation is 1. The number of anilines is 1. The van der Waals surface area contributed by atoms with Gasteiger partial charge in [-0.05, 0) is 52.7 Å². The number of hydrogen-bond donors (Lipinski definition) is 1. The standard InChI is InChI=1S/C31H37N7O5/c1-7-8-16-37-25-26(34-28(37)36-15-11-12-20(18-36)33-29(40)43-31(2,3)4)35(5)30(41)38(27(25)39)19-21-17-24(42-6)22-13-9-10-14-23(22)32-21/h9-10,13-14,17,20H,11-12,15-16,18-19H2,1-6H3,(H,33,40)/t20-/m1/s1. The highest BCUT2D eigenvalue weighted by atomic mass is 16.6. The molecule has 12 nitrogen and oxygen atoms in total. The number of rotatable bonds is 6. The Labute approximate surface area is 249 Å². The van der Waals surface area contributed by atoms with Crippen molar-refractivity contribution < 1.29 is 14.3 Å². The van der Waals surface area contributed by atoms with E-state index in [-0.39, 0.29) is 30.3 Å². The highest BCUT2D eigenvalue weighted by Gasteiger charge is 2.29. The summed E-state index contributed by atoms with van der Waals surface area (Å²) < 4.78 is 15.3. The van der Waals surface area contributed by atoms with Crippen LogP contribution in [-0.4, -0.2) is 61.6 Å². The first-order chi connectivity index (χ1) is 20.5. The normalized spacial score (nSPS) is 15.3. The molecule has 0 aliphatic carbocycles. The number of imidazole rings is 1. The van der Waals surface area contributed by atoms with E-state index in [1.807, 2.05) is 49.9 Å². The number of amides is 1. The third-order valence-corrected chi connectivity index (χ3v) is 7.32. The third kappa shape index (κ3) is 6.07. The molecule has 0 radical (unpaired) electrons. The van der Waals surface area contributed by atoms with E-state index in [4.69, 9.17) is 19.4 Å². The molecule has 1 aromatic carbocycles. The van der Waals surface area contributed by atoms with Crippen LogP contribution in [-0.2, 0) is 24.9 Å². The lowest BCUT2D eigenvalue weighted by Gasteiger charge is -2.34. The molecule has 5 rings (SSSR count). The van der Waals surface area contributed by atoms with Crippen molar-refractivity contribution >= 4 is 34.1 Å². The number of methoxy groups -OCH3 is 1. The Morgan fingerprint density at radius 2 is 1.93 bits per heavy atom. The zero-order valence-electron chi connectivity index (χ0n) is 25.4. The number of hydrogen-bond acceptors (Lipinski definition) is 8. The molecule has 1 saturated heterocycles. The number of pyridine rings is 1. The first-order valence-electron chi connectivity index (χ1n) is 14.3. The maximum absolute atomic E-state index is 14.0. The Balaban J connectivity index is 1.56. The van der Waals surface area contributed by atoms with Gasteiger partial charge in [-0.3, -0.25) is 23.5 Å². The summed E-state index contributed by atoms with van der Waals surface area (Å²) >= 11 is 0. The van der Waals surface area contributed by atoms with Crippen LogP contribution in [0.1, 0.15) is 46.2 Å². The van der Waals surface area contributed by atoms with Gasteiger partial charge in [-0.2, -0.15) is 4.98 Å². The predicted molar refractivity (Wildman–Crippen MR) is 165 cm³/mol. The third-order valence-electron chi connectivity index (χ3n) is 7.32. The van der Waals surface area contributed by atoms with Gasteiger partial charge in [0.2, 0.25) is 5.95 Å². The molecule has 1 amide bonds. The van der Waals surface area contributed by atoms with Crippen molar-refractivity contribution in [3.05, 3.63) is 56.9 Å². The van der Waals surface area contributed by atoms with E-state index in [0.29, 0.717) is 36.0 Å². The van der Waals surface area contributed by atoms with Gasteiger partial charge in [0, 0.05) is 37.6 Å². The molecule has 4 aromatic rings. The molecule has 1 atom stereocenters. The van der Waals surface area contributed by atoms with Crippen molar-refractivity contribution in [1.82, 2.24) is 29.0 Å². The molecule has 3 aromatic heterocycles. The number of benzene rings is 1. The Kier molecular flexibility index (Phi) is 8.17. The smallest absolute Gasteiger partial charge is 0.407 e. The minimum atomic E-state index is -0.608. The minimum absolute atomic E-state index is 0.0474. The van der Waals surface area contributed by atoms with Crippen LogP contribution < -0.4 is 26.2 Å². The molecule has 1 aliphatic heterocycles. The summed E-state index contributed by atoms with van der Waals surface area (Å²) in [7, 11) is 3.18. The zero-order chi connectivity index (χ0) is 30.9. The van der Waals surface area contributed by atoms with Crippen molar-refractivity contribution in [3.8, 4) is 17.6 Å². The van der Waals surface area contributed by atoms with Crippen LogP contribution in [0.25, 0.3) is 22.1 Å². The fourth-order valence-electron chi connectivity index (χ4n) is 5.41. The highest BCUT2D eigenvalue weighted by Crippen LogP contribution is 2.26. The summed E-state index contributed by atoms with van der Waals surface area (Å²) in [5.41, 5.74) is 0.161. The number of carbonyl (C=O) groups excluding carboxylic acids is 1. The topological polar surface area (TPSA) is 126 Å². The van der Waals surface area contributed by atoms with Crippen LogP contribution in [0.3, 0.4) is 0 Å². The van der Waals surface area contributed by atoms with E-state index in [9.17, 15) is 14.4 Å². The van der Waals surface area contributed by atoms with Crippen molar-refractivity contribution in [2.45, 2.75) is 65.3 Å². The molecule has 0 spiro atoms. The van der Waals surface area contributed by atoms with Crippen molar-refractivity contribution in [2.75, 3.05) is 25.1 Å². The van der Waals surface area contributed by atoms with Gasteiger partial charge in [0.25, 0.3) is 5.56 Å². The zero-order valence-corrected chi connectivity index (χ0v) is 25.4. The maximum atomic E-state index is 14.0. The fourth-order valence-corrected chi connectivity index (χ4v) is 5.41. The molecule has 12 heteroatoms. The summed E-state index contributed by atoms with van der Waals surface area (Å²) in [4.78, 5) is 51.5. The largest absolute Gasteiger partial charge is 0.496 e. The minimum Gasteiger partial charge on any atom is -0.496 e. The van der Waals surface area contributed by atoms with Crippen molar-refractivity contribution in [3.63, 3.8) is 0 Å². The van der Waals surface area contributed by atoms with Crippen LogP contribution >= 0.6 is 0 Å². The average molecular weight is 588 g/mol. The van der Waals surface area contributed by atoms with Gasteiger partial charge in [-0.15, -0.1) is 5.92 Å². The summed E-state index contributed by atoms with van der Waals surface area (Å²) in [5.74, 6) is 7.07. The van der Waals surface area contributed by atoms with Crippen LogP contribution in [0.5, 0.6) is 5.75 Å². The Hall–Kier alpha value is -4.79. The number of carbonyl (C=O) groups is 1. The molecule has 0 unspecified atom stereocenters. The first-order valence-corrected chi connectivity index (χ1v) is 14.3. The Morgan fingerprint density at radius 3 is 2.65 bits per heavy atom. The van der Waals surface area contributed by atoms with Gasteiger partial charge < -0.3 is 19.7 Å². The second-order valence-electron chi connectivity index (χ2n) is 11.6. The molecular formula is C31H37N7O5. The number of nitrogens with zero attached hydrogens (tertiary/aromatic N) is 6. The molecule has 1 N–H and O–H groups in total. The number of para-hydroxylation sites is 1. The van der Waals surface area contributed by atoms with Gasteiger partial charge >= 0.3 is 11.8 Å². The van der Waals surface area contributed by atoms with E-state index in [0.717, 1.165) is 18.2 Å². The molecular weight excluding hydrogens is 550 g/mol. The molecule has 0 saturated carbocycles. The Bertz CT molecular complexity index is 1870. The quantitative estimate of drug-likeness (QED) is 0.342. The number of nitrogens with one attached hydrogen (secondary N) is 1. The summed E-state index contributed by atoms with van der Waals surface area (Å²) in [6, 6.07) is 9.11. The molecule has 0 bridgehead atoms. The number of fused-ring (bicyclic) bond motifs is 2. The van der Waals surface area contributed by atoms with Crippen LogP contribution in [0.2, 0.25) is 0 Å². The van der Waals surface area contributed by atoms with E-state index >= 15 is 0 Å². The maximum Gasteiger partial charge on any atom is 0.407 e. The number of piperidine rings is 1. The monoisotopic (exact) mass is 587 g/mol. The van der Waals surface area contributed by atoms with E-state index in [1.165, 1.54) is 9.13 Å². The van der Waals surface area contributed by atoms with Crippen molar-refractivity contribution in [2.24, 2.45) is 7.05 Å². The van der Waals surface area contributed by atoms with E-state index in [2.05, 4.69) is 17.2 Å². The molecule has 1 aliphatic rings. The van der Waals surface area contributed by atoms with Crippen LogP contribution in [0.15, 0.2) is 39.9 Å². The lowest BCUT2D eigenvalue weighted by molar-refractivity contribution is 0.0499. The van der Waals surface area contributed by atoms with E-state index < -0.39 is 22.9 Å². The summed E-state index contributed by atoms with van der Waals surface area (Å²) in [6.45, 7) is 8.48. The van der Waals surface area contributed by atoms with Gasteiger partial charge in [0.15, 0.2) is 11.2 Å². The summed E-state index contributed by atoms with van der Waals surface area (Å²) in [6.07, 6.45) is 1.09. The van der Waals surface area contributed by atoms with Gasteiger partial charge in [-0.25, -0.2) is 9.59 Å². The molecule has 1 fully saturated rings. The molecule has 226 valence electrons. The van der Waals surface area contributed by atoms with Gasteiger partial charge in [0.05, 0.1) is 31.4 Å². The highest BCUT2D eigenvalue weighted by molar-refractivity contribution is 5.85. The SMILES string of the molecule is CC#CCn1c(N2CCC[C@@H](NC(=O)OC(C)(C)C)C2)nc2c1c(=O)n(Cc1cc(OC)c3ccccc3n1)c(=O)n2C.